The van der Waals surface area contributed by atoms with Crippen molar-refractivity contribution in [3.05, 3.63) is 72.8 Å². The average Bonchev–Trinajstić information content (AvgIpc) is 3.28. The van der Waals surface area contributed by atoms with Crippen molar-refractivity contribution in [1.29, 1.82) is 0 Å². The molecule has 6 nitrogen and oxygen atoms in total. The van der Waals surface area contributed by atoms with Gasteiger partial charge in [0.15, 0.2) is 0 Å². The van der Waals surface area contributed by atoms with Crippen LogP contribution in [-0.4, -0.2) is 56.3 Å². The Morgan fingerprint density at radius 2 is 1.64 bits per heavy atom. The minimum atomic E-state index is 0.651. The number of para-hydroxylation sites is 1. The second kappa shape index (κ2) is 10.1. The van der Waals surface area contributed by atoms with E-state index in [2.05, 4.69) is 33.0 Å². The summed E-state index contributed by atoms with van der Waals surface area (Å²) in [5.41, 5.74) is 2.18. The molecule has 170 valence electrons. The lowest BCUT2D eigenvalue weighted by Gasteiger charge is -2.36. The third kappa shape index (κ3) is 5.38. The highest BCUT2D eigenvalue weighted by atomic mass is 32.1. The molecule has 1 fully saturated rings. The predicted molar refractivity (Wildman–Crippen MR) is 133 cm³/mol. The molecule has 1 saturated heterocycles. The molecule has 0 atom stereocenters. The van der Waals surface area contributed by atoms with Gasteiger partial charge < -0.3 is 19.1 Å². The SMILES string of the molecule is COc1cccc(N2CCN(CCOc3ccc(Oc4nc5ccccc5s4)cc3)CC2)c1. The fraction of sp³-hybridized carbons (Fsp3) is 0.269. The summed E-state index contributed by atoms with van der Waals surface area (Å²) < 4.78 is 18.3. The van der Waals surface area contributed by atoms with E-state index in [1.807, 2.05) is 54.6 Å². The Morgan fingerprint density at radius 3 is 2.42 bits per heavy atom. The van der Waals surface area contributed by atoms with Gasteiger partial charge in [-0.25, -0.2) is 4.98 Å². The van der Waals surface area contributed by atoms with Crippen LogP contribution in [0.15, 0.2) is 72.8 Å². The van der Waals surface area contributed by atoms with Gasteiger partial charge in [-0.2, -0.15) is 0 Å². The Bertz CT molecular complexity index is 1150. The second-order valence-corrected chi connectivity index (χ2v) is 8.89. The molecule has 33 heavy (non-hydrogen) atoms. The topological polar surface area (TPSA) is 47.1 Å². The van der Waals surface area contributed by atoms with Gasteiger partial charge in [0.25, 0.3) is 5.19 Å². The molecular weight excluding hydrogens is 434 g/mol. The number of thiazole rings is 1. The van der Waals surface area contributed by atoms with Crippen molar-refractivity contribution < 1.29 is 14.2 Å². The van der Waals surface area contributed by atoms with E-state index in [4.69, 9.17) is 14.2 Å². The molecular formula is C26H27N3O3S. The number of aromatic nitrogens is 1. The molecule has 0 radical (unpaired) electrons. The van der Waals surface area contributed by atoms with E-state index in [1.54, 1.807) is 18.4 Å². The minimum absolute atomic E-state index is 0.651. The van der Waals surface area contributed by atoms with Gasteiger partial charge in [-0.15, -0.1) is 0 Å². The lowest BCUT2D eigenvalue weighted by atomic mass is 10.2. The molecule has 0 N–H and O–H groups in total. The van der Waals surface area contributed by atoms with Crippen LogP contribution >= 0.6 is 11.3 Å². The fourth-order valence-corrected chi connectivity index (χ4v) is 4.76. The Morgan fingerprint density at radius 1 is 0.848 bits per heavy atom. The molecule has 3 aromatic carbocycles. The first-order valence-electron chi connectivity index (χ1n) is 11.1. The summed E-state index contributed by atoms with van der Waals surface area (Å²) in [7, 11) is 1.71. The third-order valence-corrected chi connectivity index (χ3v) is 6.68. The lowest BCUT2D eigenvalue weighted by molar-refractivity contribution is 0.200. The standard InChI is InChI=1S/C26H27N3O3S/c1-30-23-6-4-5-20(19-23)29-15-13-28(14-16-29)17-18-31-21-9-11-22(12-10-21)32-26-27-24-7-2-3-8-25(24)33-26/h2-12,19H,13-18H2,1H3. The third-order valence-electron chi connectivity index (χ3n) is 5.77. The van der Waals surface area contributed by atoms with Crippen LogP contribution in [0.1, 0.15) is 0 Å². The number of methoxy groups -OCH3 is 1. The Hall–Kier alpha value is -3.29. The van der Waals surface area contributed by atoms with E-state index < -0.39 is 0 Å². The molecule has 4 aromatic rings. The van der Waals surface area contributed by atoms with Crippen molar-refractivity contribution in [3.63, 3.8) is 0 Å². The summed E-state index contributed by atoms with van der Waals surface area (Å²) in [4.78, 5) is 9.37. The molecule has 1 aliphatic rings. The number of fused-ring (bicyclic) bond motifs is 1. The molecule has 1 aliphatic heterocycles. The summed E-state index contributed by atoms with van der Waals surface area (Å²) in [5, 5.41) is 0.651. The first kappa shape index (κ1) is 21.6. The van der Waals surface area contributed by atoms with Gasteiger partial charge in [0.1, 0.15) is 23.9 Å². The van der Waals surface area contributed by atoms with E-state index >= 15 is 0 Å². The van der Waals surface area contributed by atoms with Crippen LogP contribution in [0.5, 0.6) is 22.4 Å². The summed E-state index contributed by atoms with van der Waals surface area (Å²) in [6.45, 7) is 5.63. The lowest BCUT2D eigenvalue weighted by Crippen LogP contribution is -2.47. The predicted octanol–water partition coefficient (Wildman–Crippen LogP) is 5.30. The van der Waals surface area contributed by atoms with Gasteiger partial charge in [-0.1, -0.05) is 29.5 Å². The van der Waals surface area contributed by atoms with Gasteiger partial charge in [0.2, 0.25) is 0 Å². The van der Waals surface area contributed by atoms with Crippen LogP contribution in [0.2, 0.25) is 0 Å². The quantitative estimate of drug-likeness (QED) is 0.355. The highest BCUT2D eigenvalue weighted by Crippen LogP contribution is 2.31. The molecule has 7 heteroatoms. The Balaban J connectivity index is 1.06. The van der Waals surface area contributed by atoms with E-state index in [1.165, 1.54) is 5.69 Å². The van der Waals surface area contributed by atoms with Crippen molar-refractivity contribution in [2.75, 3.05) is 51.3 Å². The summed E-state index contributed by atoms with van der Waals surface area (Å²) in [6.07, 6.45) is 0. The van der Waals surface area contributed by atoms with E-state index in [-0.39, 0.29) is 0 Å². The van der Waals surface area contributed by atoms with Crippen molar-refractivity contribution in [1.82, 2.24) is 9.88 Å². The maximum atomic E-state index is 5.96. The highest BCUT2D eigenvalue weighted by molar-refractivity contribution is 7.20. The number of rotatable bonds is 8. The smallest absolute Gasteiger partial charge is 0.279 e. The first-order valence-corrected chi connectivity index (χ1v) is 12.0. The molecule has 0 amide bonds. The van der Waals surface area contributed by atoms with Crippen LogP contribution < -0.4 is 19.1 Å². The van der Waals surface area contributed by atoms with Crippen molar-refractivity contribution in [3.8, 4) is 22.4 Å². The van der Waals surface area contributed by atoms with Crippen LogP contribution in [0, 0.1) is 0 Å². The molecule has 5 rings (SSSR count). The molecule has 0 spiro atoms. The fourth-order valence-electron chi connectivity index (χ4n) is 3.93. The van der Waals surface area contributed by atoms with Gasteiger partial charge in [-0.05, 0) is 48.5 Å². The van der Waals surface area contributed by atoms with Crippen LogP contribution in [0.4, 0.5) is 5.69 Å². The number of hydrogen-bond donors (Lipinski definition) is 0. The van der Waals surface area contributed by atoms with E-state index in [0.717, 1.165) is 60.2 Å². The summed E-state index contributed by atoms with van der Waals surface area (Å²) in [6, 6.07) is 24.1. The Kier molecular flexibility index (Phi) is 6.60. The molecule has 2 heterocycles. The normalized spacial score (nSPS) is 14.4. The maximum absolute atomic E-state index is 5.96. The summed E-state index contributed by atoms with van der Waals surface area (Å²) >= 11 is 1.55. The average molecular weight is 462 g/mol. The van der Waals surface area contributed by atoms with Crippen LogP contribution in [0.25, 0.3) is 10.2 Å². The first-order chi connectivity index (χ1) is 16.3. The van der Waals surface area contributed by atoms with Crippen molar-refractivity contribution >= 4 is 27.2 Å². The number of hydrogen-bond acceptors (Lipinski definition) is 7. The largest absolute Gasteiger partial charge is 0.497 e. The highest BCUT2D eigenvalue weighted by Gasteiger charge is 2.17. The van der Waals surface area contributed by atoms with Crippen molar-refractivity contribution in [2.45, 2.75) is 0 Å². The van der Waals surface area contributed by atoms with Gasteiger partial charge in [0.05, 0.1) is 17.3 Å². The van der Waals surface area contributed by atoms with E-state index in [0.29, 0.717) is 11.8 Å². The number of ether oxygens (including phenoxy) is 3. The number of anilines is 1. The minimum Gasteiger partial charge on any atom is -0.497 e. The second-order valence-electron chi connectivity index (χ2n) is 7.90. The maximum Gasteiger partial charge on any atom is 0.279 e. The zero-order chi connectivity index (χ0) is 22.5. The Labute approximate surface area is 197 Å². The van der Waals surface area contributed by atoms with Gasteiger partial charge in [-0.3, -0.25) is 4.90 Å². The molecule has 0 unspecified atom stereocenters. The molecule has 1 aromatic heterocycles. The number of nitrogens with zero attached hydrogens (tertiary/aromatic N) is 3. The zero-order valence-corrected chi connectivity index (χ0v) is 19.5. The summed E-state index contributed by atoms with van der Waals surface area (Å²) in [5.74, 6) is 2.51. The molecule has 0 aliphatic carbocycles. The van der Waals surface area contributed by atoms with Gasteiger partial charge in [0, 0.05) is 44.5 Å². The van der Waals surface area contributed by atoms with Crippen LogP contribution in [-0.2, 0) is 0 Å². The van der Waals surface area contributed by atoms with Crippen molar-refractivity contribution in [2.24, 2.45) is 0 Å². The van der Waals surface area contributed by atoms with Gasteiger partial charge >= 0.3 is 0 Å². The monoisotopic (exact) mass is 461 g/mol. The zero-order valence-electron chi connectivity index (χ0n) is 18.6. The number of benzene rings is 3. The number of piperazine rings is 1. The van der Waals surface area contributed by atoms with E-state index in [9.17, 15) is 0 Å². The molecule has 0 bridgehead atoms. The molecule has 0 saturated carbocycles. The van der Waals surface area contributed by atoms with Crippen LogP contribution in [0.3, 0.4) is 0 Å².